The summed E-state index contributed by atoms with van der Waals surface area (Å²) in [6.45, 7) is 5.72. The first kappa shape index (κ1) is 22.4. The van der Waals surface area contributed by atoms with E-state index < -0.39 is 5.76 Å². The van der Waals surface area contributed by atoms with Gasteiger partial charge in [-0.2, -0.15) is 0 Å². The molecule has 0 radical (unpaired) electrons. The zero-order chi connectivity index (χ0) is 23.5. The Labute approximate surface area is 190 Å². The Morgan fingerprint density at radius 1 is 0.970 bits per heavy atom. The molecule has 2 amide bonds. The van der Waals surface area contributed by atoms with Crippen LogP contribution in [-0.4, -0.2) is 57.9 Å². The predicted molar refractivity (Wildman–Crippen MR) is 119 cm³/mol. The average molecular weight is 452 g/mol. The van der Waals surface area contributed by atoms with Gasteiger partial charge < -0.3 is 9.80 Å². The van der Waals surface area contributed by atoms with E-state index in [4.69, 9.17) is 0 Å². The monoisotopic (exact) mass is 452 g/mol. The molecule has 0 aliphatic carbocycles. The van der Waals surface area contributed by atoms with E-state index in [0.717, 1.165) is 5.56 Å². The molecule has 1 aromatic heterocycles. The van der Waals surface area contributed by atoms with Gasteiger partial charge in [0, 0.05) is 37.3 Å². The van der Waals surface area contributed by atoms with Gasteiger partial charge in [0.25, 0.3) is 5.91 Å². The lowest BCUT2D eigenvalue weighted by Gasteiger charge is -2.37. The molecule has 0 spiro atoms. The van der Waals surface area contributed by atoms with Gasteiger partial charge in [-0.15, -0.1) is 0 Å². The summed E-state index contributed by atoms with van der Waals surface area (Å²) in [6.07, 6.45) is 0. The minimum atomic E-state index is -0.624. The minimum absolute atomic E-state index is 0.0153. The van der Waals surface area contributed by atoms with Crippen LogP contribution in [0, 0.1) is 11.7 Å². The zero-order valence-corrected chi connectivity index (χ0v) is 18.5. The SMILES string of the molecule is CC(C)C(C(=O)N1CCN(C(=O)c2ccc(F)cc2)CC1)c1ccc(-c2noc(=O)[nH]2)cc1. The number of amides is 2. The quantitative estimate of drug-likeness (QED) is 0.642. The fraction of sp³-hybridized carbons (Fsp3) is 0.333. The summed E-state index contributed by atoms with van der Waals surface area (Å²) in [7, 11) is 0. The maximum Gasteiger partial charge on any atom is 0.439 e. The minimum Gasteiger partial charge on any atom is -0.339 e. The first-order valence-electron chi connectivity index (χ1n) is 10.8. The molecule has 0 bridgehead atoms. The fourth-order valence-electron chi connectivity index (χ4n) is 4.12. The van der Waals surface area contributed by atoms with Crippen LogP contribution in [0.4, 0.5) is 4.39 Å². The highest BCUT2D eigenvalue weighted by atomic mass is 19.1. The van der Waals surface area contributed by atoms with Crippen LogP contribution >= 0.6 is 0 Å². The average Bonchev–Trinajstić information content (AvgIpc) is 3.26. The molecule has 1 unspecified atom stereocenters. The standard InChI is InChI=1S/C24H25FN4O4/c1-15(2)20(16-3-5-17(6-4-16)21-26-24(32)33-27-21)23(31)29-13-11-28(12-14-29)22(30)18-7-9-19(25)10-8-18/h3-10,15,20H,11-14H2,1-2H3,(H,26,27,32). The number of carbonyl (C=O) groups excluding carboxylic acids is 2. The van der Waals surface area contributed by atoms with Gasteiger partial charge in [0.1, 0.15) is 5.82 Å². The van der Waals surface area contributed by atoms with Crippen molar-refractivity contribution in [3.8, 4) is 11.4 Å². The van der Waals surface area contributed by atoms with Crippen molar-refractivity contribution in [3.63, 3.8) is 0 Å². The highest BCUT2D eigenvalue weighted by Crippen LogP contribution is 2.29. The van der Waals surface area contributed by atoms with E-state index in [1.54, 1.807) is 21.9 Å². The van der Waals surface area contributed by atoms with Crippen LogP contribution in [0.3, 0.4) is 0 Å². The molecule has 9 heteroatoms. The lowest BCUT2D eigenvalue weighted by atomic mass is 9.86. The molecule has 172 valence electrons. The number of aromatic nitrogens is 2. The number of piperazine rings is 1. The molecule has 8 nitrogen and oxygen atoms in total. The number of benzene rings is 2. The van der Waals surface area contributed by atoms with Gasteiger partial charge in [-0.3, -0.25) is 19.1 Å². The van der Waals surface area contributed by atoms with Gasteiger partial charge in [0.15, 0.2) is 5.82 Å². The van der Waals surface area contributed by atoms with Gasteiger partial charge in [-0.05, 0) is 35.7 Å². The Morgan fingerprint density at radius 3 is 2.12 bits per heavy atom. The third kappa shape index (κ3) is 4.87. The Morgan fingerprint density at radius 2 is 1.58 bits per heavy atom. The van der Waals surface area contributed by atoms with Crippen LogP contribution in [0.5, 0.6) is 0 Å². The highest BCUT2D eigenvalue weighted by Gasteiger charge is 2.32. The number of nitrogens with zero attached hydrogens (tertiary/aromatic N) is 3. The normalized spacial score (nSPS) is 15.0. The number of hydrogen-bond acceptors (Lipinski definition) is 5. The Bertz CT molecular complexity index is 1180. The molecule has 1 aliphatic rings. The summed E-state index contributed by atoms with van der Waals surface area (Å²) in [5.74, 6) is -1.10. The van der Waals surface area contributed by atoms with E-state index in [9.17, 15) is 18.8 Å². The third-order valence-electron chi connectivity index (χ3n) is 5.89. The van der Waals surface area contributed by atoms with E-state index in [2.05, 4.69) is 14.7 Å². The second-order valence-electron chi connectivity index (χ2n) is 8.41. The predicted octanol–water partition coefficient (Wildman–Crippen LogP) is 2.89. The van der Waals surface area contributed by atoms with Crippen LogP contribution in [0.2, 0.25) is 0 Å². The molecular weight excluding hydrogens is 427 g/mol. The number of carbonyl (C=O) groups is 2. The van der Waals surface area contributed by atoms with E-state index >= 15 is 0 Å². The van der Waals surface area contributed by atoms with Crippen molar-refractivity contribution in [1.29, 1.82) is 0 Å². The van der Waals surface area contributed by atoms with Gasteiger partial charge in [-0.1, -0.05) is 43.3 Å². The molecule has 2 heterocycles. The molecule has 4 rings (SSSR count). The summed E-state index contributed by atoms with van der Waals surface area (Å²) in [4.78, 5) is 43.2. The number of hydrogen-bond donors (Lipinski definition) is 1. The van der Waals surface area contributed by atoms with Gasteiger partial charge in [0.05, 0.1) is 5.92 Å². The molecule has 0 saturated carbocycles. The first-order valence-corrected chi connectivity index (χ1v) is 10.8. The van der Waals surface area contributed by atoms with Crippen molar-refractivity contribution < 1.29 is 18.5 Å². The summed E-state index contributed by atoms with van der Waals surface area (Å²) < 4.78 is 17.7. The number of halogens is 1. The third-order valence-corrected chi connectivity index (χ3v) is 5.89. The summed E-state index contributed by atoms with van der Waals surface area (Å²) in [5.41, 5.74) is 1.99. The van der Waals surface area contributed by atoms with Gasteiger partial charge >= 0.3 is 5.76 Å². The van der Waals surface area contributed by atoms with E-state index in [1.807, 2.05) is 26.0 Å². The summed E-state index contributed by atoms with van der Waals surface area (Å²) in [6, 6.07) is 12.8. The summed E-state index contributed by atoms with van der Waals surface area (Å²) >= 11 is 0. The van der Waals surface area contributed by atoms with Crippen LogP contribution in [0.15, 0.2) is 57.8 Å². The molecule has 1 N–H and O–H groups in total. The fourth-order valence-corrected chi connectivity index (χ4v) is 4.12. The van der Waals surface area contributed by atoms with Crippen LogP contribution in [0.1, 0.15) is 35.7 Å². The smallest absolute Gasteiger partial charge is 0.339 e. The number of H-pyrrole nitrogens is 1. The Balaban J connectivity index is 1.43. The van der Waals surface area contributed by atoms with E-state index in [-0.39, 0.29) is 29.5 Å². The van der Waals surface area contributed by atoms with Crippen molar-refractivity contribution in [3.05, 3.63) is 76.0 Å². The molecule has 1 aliphatic heterocycles. The maximum atomic E-state index is 13.4. The molecular formula is C24H25FN4O4. The number of rotatable bonds is 5. The van der Waals surface area contributed by atoms with Gasteiger partial charge in [-0.25, -0.2) is 9.18 Å². The van der Waals surface area contributed by atoms with Gasteiger partial charge in [0.2, 0.25) is 5.91 Å². The van der Waals surface area contributed by atoms with Crippen LogP contribution in [0.25, 0.3) is 11.4 Å². The Hall–Kier alpha value is -3.75. The Kier molecular flexibility index (Phi) is 6.39. The molecule has 3 aromatic rings. The van der Waals surface area contributed by atoms with Crippen molar-refractivity contribution in [2.45, 2.75) is 19.8 Å². The lowest BCUT2D eigenvalue weighted by molar-refractivity contribution is -0.135. The largest absolute Gasteiger partial charge is 0.439 e. The van der Waals surface area contributed by atoms with Crippen molar-refractivity contribution in [2.24, 2.45) is 5.92 Å². The maximum absolute atomic E-state index is 13.4. The molecule has 1 atom stereocenters. The topological polar surface area (TPSA) is 99.5 Å². The second-order valence-corrected chi connectivity index (χ2v) is 8.41. The molecule has 1 saturated heterocycles. The number of aromatic amines is 1. The molecule has 33 heavy (non-hydrogen) atoms. The van der Waals surface area contributed by atoms with E-state index in [1.165, 1.54) is 24.3 Å². The van der Waals surface area contributed by atoms with E-state index in [0.29, 0.717) is 43.1 Å². The lowest BCUT2D eigenvalue weighted by Crippen LogP contribution is -2.52. The first-order chi connectivity index (χ1) is 15.8. The molecule has 2 aromatic carbocycles. The van der Waals surface area contributed by atoms with Crippen molar-refractivity contribution >= 4 is 11.8 Å². The van der Waals surface area contributed by atoms with Crippen molar-refractivity contribution in [1.82, 2.24) is 19.9 Å². The number of nitrogens with one attached hydrogen (secondary N) is 1. The van der Waals surface area contributed by atoms with Crippen LogP contribution < -0.4 is 5.76 Å². The molecule has 1 fully saturated rings. The highest BCUT2D eigenvalue weighted by molar-refractivity contribution is 5.94. The second kappa shape index (κ2) is 9.40. The van der Waals surface area contributed by atoms with Crippen molar-refractivity contribution in [2.75, 3.05) is 26.2 Å². The zero-order valence-electron chi connectivity index (χ0n) is 18.5. The van der Waals surface area contributed by atoms with Crippen LogP contribution in [-0.2, 0) is 4.79 Å². The summed E-state index contributed by atoms with van der Waals surface area (Å²) in [5, 5.41) is 3.68.